The third-order valence-electron chi connectivity index (χ3n) is 5.35. The topological polar surface area (TPSA) is 68.8 Å². The Morgan fingerprint density at radius 1 is 1.28 bits per heavy atom. The lowest BCUT2D eigenvalue weighted by Crippen LogP contribution is -2.57. The van der Waals surface area contributed by atoms with Gasteiger partial charge >= 0.3 is 0 Å². The van der Waals surface area contributed by atoms with Crippen molar-refractivity contribution in [1.82, 2.24) is 10.6 Å². The van der Waals surface area contributed by atoms with Gasteiger partial charge in [-0.15, -0.1) is 0 Å². The van der Waals surface area contributed by atoms with Crippen molar-refractivity contribution in [3.63, 3.8) is 0 Å². The monoisotopic (exact) mass is 348 g/mol. The van der Waals surface area contributed by atoms with Crippen LogP contribution in [0.1, 0.15) is 25.3 Å². The van der Waals surface area contributed by atoms with E-state index in [1.165, 1.54) is 5.56 Å². The van der Waals surface area contributed by atoms with E-state index in [0.29, 0.717) is 32.9 Å². The maximum absolute atomic E-state index is 12.6. The third-order valence-corrected chi connectivity index (χ3v) is 5.35. The van der Waals surface area contributed by atoms with Crippen molar-refractivity contribution in [3.05, 3.63) is 29.8 Å². The van der Waals surface area contributed by atoms with Crippen molar-refractivity contribution in [3.8, 4) is 5.75 Å². The van der Waals surface area contributed by atoms with Gasteiger partial charge in [0.2, 0.25) is 5.91 Å². The van der Waals surface area contributed by atoms with Gasteiger partial charge in [0.15, 0.2) is 0 Å². The van der Waals surface area contributed by atoms with Gasteiger partial charge in [-0.1, -0.05) is 12.1 Å². The smallest absolute Gasteiger partial charge is 0.239 e. The number of nitrogens with one attached hydrogen (secondary N) is 2. The Labute approximate surface area is 149 Å². The van der Waals surface area contributed by atoms with Crippen LogP contribution in [0.25, 0.3) is 0 Å². The molecule has 0 saturated carbocycles. The molecule has 0 aliphatic carbocycles. The van der Waals surface area contributed by atoms with Gasteiger partial charge in [-0.25, -0.2) is 0 Å². The first-order valence-corrected chi connectivity index (χ1v) is 9.00. The Bertz CT molecular complexity index is 569. The predicted octanol–water partition coefficient (Wildman–Crippen LogP) is 1.24. The number of ether oxygens (including phenoxy) is 3. The number of rotatable bonds is 5. The number of amides is 1. The Hall–Kier alpha value is -1.63. The lowest BCUT2D eigenvalue weighted by Gasteiger charge is -2.39. The SMILES string of the molecule is COc1ccc(C2(CNC(=O)[C@H]3NCCO[C@@H]3C)CCOCC2)cc1. The molecule has 2 saturated heterocycles. The van der Waals surface area contributed by atoms with Crippen LogP contribution < -0.4 is 15.4 Å². The molecule has 1 amide bonds. The Morgan fingerprint density at radius 3 is 2.64 bits per heavy atom. The lowest BCUT2D eigenvalue weighted by molar-refractivity contribution is -0.129. The molecular weight excluding hydrogens is 320 g/mol. The van der Waals surface area contributed by atoms with Crippen molar-refractivity contribution in [2.24, 2.45) is 0 Å². The van der Waals surface area contributed by atoms with Gasteiger partial charge in [0.1, 0.15) is 11.8 Å². The van der Waals surface area contributed by atoms with Crippen molar-refractivity contribution < 1.29 is 19.0 Å². The highest BCUT2D eigenvalue weighted by molar-refractivity contribution is 5.82. The van der Waals surface area contributed by atoms with E-state index in [9.17, 15) is 4.79 Å². The van der Waals surface area contributed by atoms with Gasteiger partial charge in [0, 0.05) is 31.7 Å². The normalized spacial score (nSPS) is 26.0. The fourth-order valence-electron chi connectivity index (χ4n) is 3.67. The van der Waals surface area contributed by atoms with Crippen LogP contribution in [0.4, 0.5) is 0 Å². The summed E-state index contributed by atoms with van der Waals surface area (Å²) < 4.78 is 16.4. The van der Waals surface area contributed by atoms with Crippen LogP contribution in [0.15, 0.2) is 24.3 Å². The standard InChI is InChI=1S/C19H28N2O4/c1-14-17(20-9-12-25-14)18(22)21-13-19(7-10-24-11-8-19)15-3-5-16(23-2)6-4-15/h3-6,14,17,20H,7-13H2,1-2H3,(H,21,22)/t14-,17+/m1/s1. The molecule has 2 fully saturated rings. The quantitative estimate of drug-likeness (QED) is 0.838. The minimum absolute atomic E-state index is 0.00609. The molecule has 0 radical (unpaired) electrons. The summed E-state index contributed by atoms with van der Waals surface area (Å²) in [5, 5.41) is 6.40. The summed E-state index contributed by atoms with van der Waals surface area (Å²) in [6.45, 7) is 5.32. The number of methoxy groups -OCH3 is 1. The molecule has 2 heterocycles. The van der Waals surface area contributed by atoms with Crippen LogP contribution in [0.5, 0.6) is 5.75 Å². The first kappa shape index (κ1) is 18.2. The maximum Gasteiger partial charge on any atom is 0.239 e. The average molecular weight is 348 g/mol. The molecule has 0 aromatic heterocycles. The number of hydrogen-bond donors (Lipinski definition) is 2. The van der Waals surface area contributed by atoms with Gasteiger partial charge in [0.25, 0.3) is 0 Å². The van der Waals surface area contributed by atoms with Crippen LogP contribution in [-0.4, -0.2) is 58.1 Å². The fourth-order valence-corrected chi connectivity index (χ4v) is 3.67. The van der Waals surface area contributed by atoms with Crippen molar-refractivity contribution in [1.29, 1.82) is 0 Å². The average Bonchev–Trinajstić information content (AvgIpc) is 2.67. The second-order valence-electron chi connectivity index (χ2n) is 6.85. The molecule has 2 aliphatic rings. The first-order chi connectivity index (χ1) is 12.1. The van der Waals surface area contributed by atoms with E-state index in [-0.39, 0.29) is 23.5 Å². The molecule has 2 N–H and O–H groups in total. The highest BCUT2D eigenvalue weighted by atomic mass is 16.5. The van der Waals surface area contributed by atoms with Crippen LogP contribution in [-0.2, 0) is 19.7 Å². The summed E-state index contributed by atoms with van der Waals surface area (Å²) in [7, 11) is 1.67. The van der Waals surface area contributed by atoms with Crippen molar-refractivity contribution in [2.75, 3.05) is 40.0 Å². The van der Waals surface area contributed by atoms with E-state index in [2.05, 4.69) is 22.8 Å². The summed E-state index contributed by atoms with van der Waals surface area (Å²) in [6.07, 6.45) is 1.67. The zero-order chi connectivity index (χ0) is 17.7. The molecular formula is C19H28N2O4. The van der Waals surface area contributed by atoms with Crippen molar-refractivity contribution >= 4 is 5.91 Å². The number of benzene rings is 1. The molecule has 1 aromatic carbocycles. The Balaban J connectivity index is 1.70. The summed E-state index contributed by atoms with van der Waals surface area (Å²) in [4.78, 5) is 12.6. The summed E-state index contributed by atoms with van der Waals surface area (Å²) >= 11 is 0. The van der Waals surface area contributed by atoms with E-state index < -0.39 is 0 Å². The third kappa shape index (κ3) is 4.14. The predicted molar refractivity (Wildman–Crippen MR) is 94.9 cm³/mol. The van der Waals surface area contributed by atoms with E-state index in [0.717, 1.165) is 18.6 Å². The van der Waals surface area contributed by atoms with Gasteiger partial charge in [-0.2, -0.15) is 0 Å². The molecule has 0 spiro atoms. The lowest BCUT2D eigenvalue weighted by atomic mass is 9.74. The van der Waals surface area contributed by atoms with Gasteiger partial charge in [-0.3, -0.25) is 4.79 Å². The molecule has 2 aliphatic heterocycles. The molecule has 0 bridgehead atoms. The molecule has 3 rings (SSSR count). The number of carbonyl (C=O) groups excluding carboxylic acids is 1. The number of carbonyl (C=O) groups is 1. The molecule has 6 heteroatoms. The van der Waals surface area contributed by atoms with Crippen LogP contribution in [0, 0.1) is 0 Å². The van der Waals surface area contributed by atoms with Crippen molar-refractivity contribution in [2.45, 2.75) is 37.3 Å². The van der Waals surface area contributed by atoms with Gasteiger partial charge < -0.3 is 24.8 Å². The molecule has 1 aromatic rings. The molecule has 2 atom stereocenters. The maximum atomic E-state index is 12.6. The fraction of sp³-hybridized carbons (Fsp3) is 0.632. The molecule has 0 unspecified atom stereocenters. The summed E-state index contributed by atoms with van der Waals surface area (Å²) in [6, 6.07) is 7.86. The minimum atomic E-state index is -0.290. The molecule has 6 nitrogen and oxygen atoms in total. The molecule has 138 valence electrons. The summed E-state index contributed by atoms with van der Waals surface area (Å²) in [5.41, 5.74) is 1.12. The van der Waals surface area contributed by atoms with Crippen LogP contribution in [0.3, 0.4) is 0 Å². The highest BCUT2D eigenvalue weighted by Crippen LogP contribution is 2.35. The van der Waals surface area contributed by atoms with E-state index in [1.807, 2.05) is 19.1 Å². The largest absolute Gasteiger partial charge is 0.497 e. The van der Waals surface area contributed by atoms with E-state index in [1.54, 1.807) is 7.11 Å². The van der Waals surface area contributed by atoms with E-state index >= 15 is 0 Å². The number of hydrogen-bond acceptors (Lipinski definition) is 5. The van der Waals surface area contributed by atoms with Crippen LogP contribution in [0.2, 0.25) is 0 Å². The second kappa shape index (κ2) is 8.17. The second-order valence-corrected chi connectivity index (χ2v) is 6.85. The zero-order valence-electron chi connectivity index (χ0n) is 15.0. The van der Waals surface area contributed by atoms with Crippen LogP contribution >= 0.6 is 0 Å². The Kier molecular flexibility index (Phi) is 5.93. The summed E-state index contributed by atoms with van der Waals surface area (Å²) in [5.74, 6) is 0.846. The van der Waals surface area contributed by atoms with Gasteiger partial charge in [-0.05, 0) is 37.5 Å². The number of morpholine rings is 1. The first-order valence-electron chi connectivity index (χ1n) is 9.00. The van der Waals surface area contributed by atoms with E-state index in [4.69, 9.17) is 14.2 Å². The van der Waals surface area contributed by atoms with Gasteiger partial charge in [0.05, 0.1) is 19.8 Å². The molecule has 25 heavy (non-hydrogen) atoms. The Morgan fingerprint density at radius 2 is 2.00 bits per heavy atom. The zero-order valence-corrected chi connectivity index (χ0v) is 15.0. The minimum Gasteiger partial charge on any atom is -0.497 e. The highest BCUT2D eigenvalue weighted by Gasteiger charge is 2.36.